The monoisotopic (exact) mass is 612 g/mol. The molecule has 1 amide bonds. The van der Waals surface area contributed by atoms with Crippen molar-refractivity contribution in [1.82, 2.24) is 19.4 Å². The molecule has 5 rings (SSSR count). The molecule has 2 N–H and O–H groups in total. The SMILES string of the molecule is C=CC(=O)Nc1cc(S(C)(=O)=O)ccc1Nc1ncc2cc(-c3c(Cl)c(OC)cc(OC)c3Cl)c3nccn3c2n1. The zero-order chi connectivity index (χ0) is 29.5. The molecule has 0 atom stereocenters. The van der Waals surface area contributed by atoms with Crippen LogP contribution < -0.4 is 20.1 Å². The van der Waals surface area contributed by atoms with Crippen molar-refractivity contribution in [2.75, 3.05) is 31.1 Å². The Morgan fingerprint density at radius 3 is 2.37 bits per heavy atom. The van der Waals surface area contributed by atoms with Crippen molar-refractivity contribution in [3.63, 3.8) is 0 Å². The number of nitrogens with zero attached hydrogens (tertiary/aromatic N) is 4. The Balaban J connectivity index is 1.64. The van der Waals surface area contributed by atoms with Crippen molar-refractivity contribution in [2.45, 2.75) is 4.90 Å². The summed E-state index contributed by atoms with van der Waals surface area (Å²) in [4.78, 5) is 25.7. The van der Waals surface area contributed by atoms with Crippen LogP contribution in [0.25, 0.3) is 27.8 Å². The molecule has 0 bridgehead atoms. The van der Waals surface area contributed by atoms with E-state index >= 15 is 0 Å². The van der Waals surface area contributed by atoms with E-state index in [1.165, 1.54) is 32.4 Å². The van der Waals surface area contributed by atoms with Crippen molar-refractivity contribution in [1.29, 1.82) is 0 Å². The van der Waals surface area contributed by atoms with Crippen LogP contribution >= 0.6 is 23.2 Å². The molecule has 41 heavy (non-hydrogen) atoms. The highest BCUT2D eigenvalue weighted by molar-refractivity contribution is 7.90. The molecule has 0 radical (unpaired) electrons. The van der Waals surface area contributed by atoms with E-state index in [9.17, 15) is 13.2 Å². The third-order valence-electron chi connectivity index (χ3n) is 6.16. The highest BCUT2D eigenvalue weighted by Crippen LogP contribution is 2.47. The van der Waals surface area contributed by atoms with Crippen molar-refractivity contribution in [2.24, 2.45) is 0 Å². The maximum absolute atomic E-state index is 12.1. The van der Waals surface area contributed by atoms with Crippen molar-refractivity contribution in [3.8, 4) is 22.6 Å². The number of carbonyl (C=O) groups excluding carboxylic acids is 1. The predicted molar refractivity (Wildman–Crippen MR) is 159 cm³/mol. The minimum absolute atomic E-state index is 0.0287. The fourth-order valence-corrected chi connectivity index (χ4v) is 5.56. The van der Waals surface area contributed by atoms with E-state index in [2.05, 4.69) is 32.2 Å². The second kappa shape index (κ2) is 10.9. The summed E-state index contributed by atoms with van der Waals surface area (Å²) < 4.78 is 36.8. The lowest BCUT2D eigenvalue weighted by Gasteiger charge is -2.16. The lowest BCUT2D eigenvalue weighted by Crippen LogP contribution is -2.11. The number of sulfone groups is 1. The van der Waals surface area contributed by atoms with Gasteiger partial charge in [-0.25, -0.2) is 18.4 Å². The molecule has 0 saturated carbocycles. The van der Waals surface area contributed by atoms with Crippen LogP contribution in [0, 0.1) is 0 Å². The van der Waals surface area contributed by atoms with Crippen LogP contribution in [-0.4, -0.2) is 54.2 Å². The number of fused-ring (bicyclic) bond motifs is 3. The van der Waals surface area contributed by atoms with Crippen molar-refractivity contribution in [3.05, 3.63) is 71.6 Å². The van der Waals surface area contributed by atoms with E-state index in [4.69, 9.17) is 32.7 Å². The van der Waals surface area contributed by atoms with Gasteiger partial charge < -0.3 is 20.1 Å². The molecule has 3 heterocycles. The van der Waals surface area contributed by atoms with Gasteiger partial charge in [0.15, 0.2) is 15.5 Å². The Labute approximate surface area is 244 Å². The highest BCUT2D eigenvalue weighted by atomic mass is 35.5. The summed E-state index contributed by atoms with van der Waals surface area (Å²) in [5.41, 5.74) is 2.67. The summed E-state index contributed by atoms with van der Waals surface area (Å²) in [6, 6.07) is 7.69. The summed E-state index contributed by atoms with van der Waals surface area (Å²) >= 11 is 13.4. The molecular weight excluding hydrogens is 591 g/mol. The number of anilines is 3. The van der Waals surface area contributed by atoms with E-state index in [-0.39, 0.29) is 26.6 Å². The number of benzene rings is 2. The van der Waals surface area contributed by atoms with Gasteiger partial charge >= 0.3 is 0 Å². The molecule has 2 aromatic carbocycles. The first-order chi connectivity index (χ1) is 19.5. The second-order valence-corrected chi connectivity index (χ2v) is 11.5. The first-order valence-corrected chi connectivity index (χ1v) is 14.5. The van der Waals surface area contributed by atoms with Crippen LogP contribution in [-0.2, 0) is 14.6 Å². The smallest absolute Gasteiger partial charge is 0.247 e. The average molecular weight is 613 g/mol. The lowest BCUT2D eigenvalue weighted by molar-refractivity contribution is -0.111. The minimum atomic E-state index is -3.53. The van der Waals surface area contributed by atoms with Crippen LogP contribution in [0.1, 0.15) is 0 Å². The third-order valence-corrected chi connectivity index (χ3v) is 8.02. The first-order valence-electron chi connectivity index (χ1n) is 11.8. The number of nitrogens with one attached hydrogen (secondary N) is 2. The van der Waals surface area contributed by atoms with E-state index in [1.807, 2.05) is 6.07 Å². The summed E-state index contributed by atoms with van der Waals surface area (Å²) in [5, 5.41) is 6.87. The predicted octanol–water partition coefficient (Wildman–Crippen LogP) is 5.54. The number of ether oxygens (including phenoxy) is 2. The van der Waals surface area contributed by atoms with Gasteiger partial charge in [0.25, 0.3) is 0 Å². The zero-order valence-electron chi connectivity index (χ0n) is 21.9. The molecule has 0 unspecified atom stereocenters. The van der Waals surface area contributed by atoms with E-state index in [0.29, 0.717) is 45.0 Å². The van der Waals surface area contributed by atoms with E-state index < -0.39 is 15.7 Å². The minimum Gasteiger partial charge on any atom is -0.495 e. The third kappa shape index (κ3) is 5.24. The number of rotatable bonds is 8. The average Bonchev–Trinajstić information content (AvgIpc) is 3.44. The normalized spacial score (nSPS) is 11.4. The van der Waals surface area contributed by atoms with Crippen LogP contribution in [0.5, 0.6) is 11.5 Å². The maximum atomic E-state index is 12.1. The molecule has 14 heteroatoms. The summed E-state index contributed by atoms with van der Waals surface area (Å²) in [7, 11) is -0.537. The maximum Gasteiger partial charge on any atom is 0.247 e. The van der Waals surface area contributed by atoms with E-state index in [0.717, 1.165) is 12.3 Å². The number of halogens is 2. The number of hydrogen-bond acceptors (Lipinski definition) is 9. The number of methoxy groups -OCH3 is 2. The number of carbonyl (C=O) groups is 1. The Morgan fingerprint density at radius 1 is 1.02 bits per heavy atom. The first kappa shape index (κ1) is 28.1. The lowest BCUT2D eigenvalue weighted by atomic mass is 10.0. The van der Waals surface area contributed by atoms with Gasteiger partial charge in [0.05, 0.1) is 40.5 Å². The number of imidazole rings is 1. The van der Waals surface area contributed by atoms with Gasteiger partial charge in [0.2, 0.25) is 11.9 Å². The Hall–Kier alpha value is -4.39. The Bertz CT molecular complexity index is 1950. The quantitative estimate of drug-likeness (QED) is 0.216. The molecule has 3 aromatic heterocycles. The van der Waals surface area contributed by atoms with Gasteiger partial charge in [0, 0.05) is 47.4 Å². The number of aromatic nitrogens is 4. The largest absolute Gasteiger partial charge is 0.495 e. The van der Waals surface area contributed by atoms with Gasteiger partial charge in [-0.15, -0.1) is 0 Å². The molecular formula is C27H22Cl2N6O5S. The summed E-state index contributed by atoms with van der Waals surface area (Å²) in [6.07, 6.45) is 7.09. The Kier molecular flexibility index (Phi) is 7.47. The standard InChI is InChI=1S/C27H22Cl2N6O5S/c1-5-21(36)32-18-11-15(41(4,37)38)6-7-17(18)33-27-31-13-14-10-16(26-30-8-9-35(26)25(14)34-27)22-23(28)19(39-2)12-20(40-3)24(22)29/h5-13H,1H2,2-4H3,(H,32,36)(H,31,33,34). The van der Waals surface area contributed by atoms with Crippen LogP contribution in [0.2, 0.25) is 10.0 Å². The molecule has 0 aliphatic heterocycles. The molecule has 0 aliphatic rings. The van der Waals surface area contributed by atoms with Crippen molar-refractivity contribution >= 4 is 73.0 Å². The number of hydrogen-bond donors (Lipinski definition) is 2. The van der Waals surface area contributed by atoms with Crippen LogP contribution in [0.3, 0.4) is 0 Å². The van der Waals surface area contributed by atoms with Crippen LogP contribution in [0.4, 0.5) is 17.3 Å². The van der Waals surface area contributed by atoms with Gasteiger partial charge in [-0.3, -0.25) is 9.20 Å². The topological polar surface area (TPSA) is 137 Å². The zero-order valence-corrected chi connectivity index (χ0v) is 24.2. The van der Waals surface area contributed by atoms with Crippen molar-refractivity contribution < 1.29 is 22.7 Å². The molecule has 5 aromatic rings. The number of pyridine rings is 1. The highest BCUT2D eigenvalue weighted by Gasteiger charge is 2.23. The molecule has 0 saturated heterocycles. The Morgan fingerprint density at radius 2 is 1.73 bits per heavy atom. The summed E-state index contributed by atoms with van der Waals surface area (Å²) in [6.45, 7) is 3.44. The molecule has 0 spiro atoms. The van der Waals surface area contributed by atoms with E-state index in [1.54, 1.807) is 29.1 Å². The van der Waals surface area contributed by atoms with Crippen LogP contribution in [0.15, 0.2) is 66.5 Å². The molecule has 11 nitrogen and oxygen atoms in total. The number of amides is 1. The van der Waals surface area contributed by atoms with Gasteiger partial charge in [-0.05, 0) is 30.3 Å². The second-order valence-electron chi connectivity index (χ2n) is 8.73. The molecule has 0 aliphatic carbocycles. The fraction of sp³-hybridized carbons (Fsp3) is 0.111. The molecule has 210 valence electrons. The fourth-order valence-electron chi connectivity index (χ4n) is 4.21. The summed E-state index contributed by atoms with van der Waals surface area (Å²) in [5.74, 6) is 0.423. The molecule has 0 fully saturated rings. The van der Waals surface area contributed by atoms with Gasteiger partial charge in [-0.1, -0.05) is 29.8 Å². The van der Waals surface area contributed by atoms with Gasteiger partial charge in [0.1, 0.15) is 17.1 Å². The van der Waals surface area contributed by atoms with Gasteiger partial charge in [-0.2, -0.15) is 4.98 Å².